The molecule has 0 saturated heterocycles. The molecule has 0 unspecified atom stereocenters. The maximum atomic E-state index is 12.5. The van der Waals surface area contributed by atoms with Crippen LogP contribution in [0.15, 0.2) is 72.8 Å². The van der Waals surface area contributed by atoms with Gasteiger partial charge in [-0.05, 0) is 48.0 Å². The van der Waals surface area contributed by atoms with E-state index in [1.54, 1.807) is 19.2 Å². The molecule has 5 nitrogen and oxygen atoms in total. The number of anilines is 2. The third-order valence-corrected chi connectivity index (χ3v) is 4.28. The third kappa shape index (κ3) is 4.82. The second-order valence-electron chi connectivity index (χ2n) is 6.53. The molecule has 0 aliphatic rings. The molecule has 5 heteroatoms. The van der Waals surface area contributed by atoms with Crippen LogP contribution in [0.1, 0.15) is 15.9 Å². The van der Waals surface area contributed by atoms with Gasteiger partial charge in [0.15, 0.2) is 0 Å². The predicted octanol–water partition coefficient (Wildman–Crippen LogP) is 4.59. The molecule has 0 heterocycles. The van der Waals surface area contributed by atoms with Gasteiger partial charge in [-0.25, -0.2) is 0 Å². The first-order valence-electron chi connectivity index (χ1n) is 9.00. The van der Waals surface area contributed by atoms with Gasteiger partial charge in [0, 0.05) is 25.3 Å². The Kier molecular flexibility index (Phi) is 6.17. The predicted molar refractivity (Wildman–Crippen MR) is 112 cm³/mol. The number of rotatable bonds is 7. The summed E-state index contributed by atoms with van der Waals surface area (Å²) in [5.74, 6) is 1.21. The first-order valence-corrected chi connectivity index (χ1v) is 9.00. The zero-order valence-corrected chi connectivity index (χ0v) is 16.3. The fourth-order valence-electron chi connectivity index (χ4n) is 2.77. The summed E-state index contributed by atoms with van der Waals surface area (Å²) in [5, 5.41) is 2.90. The van der Waals surface area contributed by atoms with E-state index in [0.29, 0.717) is 23.6 Å². The van der Waals surface area contributed by atoms with Crippen molar-refractivity contribution in [2.45, 2.75) is 6.61 Å². The highest BCUT2D eigenvalue weighted by Crippen LogP contribution is 2.28. The molecule has 28 heavy (non-hydrogen) atoms. The summed E-state index contributed by atoms with van der Waals surface area (Å²) >= 11 is 0. The summed E-state index contributed by atoms with van der Waals surface area (Å²) in [6, 6.07) is 22.7. The number of benzene rings is 3. The Bertz CT molecular complexity index is 922. The van der Waals surface area contributed by atoms with Crippen LogP contribution in [0.2, 0.25) is 0 Å². The molecule has 1 N–H and O–H groups in total. The third-order valence-electron chi connectivity index (χ3n) is 4.28. The molecule has 0 aromatic heterocycles. The smallest absolute Gasteiger partial charge is 0.255 e. The van der Waals surface area contributed by atoms with E-state index in [1.807, 2.05) is 79.7 Å². The van der Waals surface area contributed by atoms with Gasteiger partial charge >= 0.3 is 0 Å². The second-order valence-corrected chi connectivity index (χ2v) is 6.53. The van der Waals surface area contributed by atoms with Gasteiger partial charge in [-0.2, -0.15) is 0 Å². The van der Waals surface area contributed by atoms with E-state index in [-0.39, 0.29) is 5.91 Å². The number of hydrogen-bond acceptors (Lipinski definition) is 4. The number of hydrogen-bond donors (Lipinski definition) is 1. The molecule has 3 aromatic rings. The van der Waals surface area contributed by atoms with Crippen molar-refractivity contribution in [1.29, 1.82) is 0 Å². The van der Waals surface area contributed by atoms with E-state index in [9.17, 15) is 4.79 Å². The van der Waals surface area contributed by atoms with Gasteiger partial charge in [0.1, 0.15) is 18.1 Å². The molecule has 0 atom stereocenters. The molecule has 0 aliphatic heterocycles. The van der Waals surface area contributed by atoms with Gasteiger partial charge in [0.25, 0.3) is 5.91 Å². The van der Waals surface area contributed by atoms with Crippen LogP contribution in [0.4, 0.5) is 11.4 Å². The fourth-order valence-corrected chi connectivity index (χ4v) is 2.77. The summed E-state index contributed by atoms with van der Waals surface area (Å²) in [6.07, 6.45) is 0. The van der Waals surface area contributed by atoms with Crippen LogP contribution in [-0.2, 0) is 6.61 Å². The lowest BCUT2D eigenvalue weighted by Gasteiger charge is -2.17. The quantitative estimate of drug-likeness (QED) is 0.655. The molecular formula is C23H24N2O3. The highest BCUT2D eigenvalue weighted by Gasteiger charge is 2.12. The average Bonchev–Trinajstić information content (AvgIpc) is 2.73. The maximum Gasteiger partial charge on any atom is 0.255 e. The van der Waals surface area contributed by atoms with Gasteiger partial charge in [-0.1, -0.05) is 30.3 Å². The minimum Gasteiger partial charge on any atom is -0.495 e. The summed E-state index contributed by atoms with van der Waals surface area (Å²) < 4.78 is 11.2. The molecule has 3 aromatic carbocycles. The zero-order chi connectivity index (χ0) is 19.9. The van der Waals surface area contributed by atoms with Gasteiger partial charge in [-0.3, -0.25) is 4.79 Å². The molecule has 0 saturated carbocycles. The normalized spacial score (nSPS) is 10.2. The van der Waals surface area contributed by atoms with Crippen molar-refractivity contribution in [2.24, 2.45) is 0 Å². The lowest BCUT2D eigenvalue weighted by molar-refractivity contribution is 0.102. The molecule has 144 valence electrons. The van der Waals surface area contributed by atoms with Crippen molar-refractivity contribution in [3.63, 3.8) is 0 Å². The highest BCUT2D eigenvalue weighted by molar-refractivity contribution is 6.04. The number of ether oxygens (including phenoxy) is 2. The molecule has 0 bridgehead atoms. The second kappa shape index (κ2) is 8.95. The van der Waals surface area contributed by atoms with E-state index in [2.05, 4.69) is 5.32 Å². The largest absolute Gasteiger partial charge is 0.495 e. The van der Waals surface area contributed by atoms with Crippen molar-refractivity contribution >= 4 is 17.3 Å². The number of nitrogens with zero attached hydrogens (tertiary/aromatic N) is 1. The Morgan fingerprint density at radius 1 is 0.964 bits per heavy atom. The maximum absolute atomic E-state index is 12.5. The molecule has 0 aliphatic carbocycles. The standard InChI is InChI=1S/C23H24N2O3/c1-25(2)21-14-9-18(15-22(21)27-3)23(26)24-19-10-12-20(13-11-19)28-16-17-7-5-4-6-8-17/h4-15H,16H2,1-3H3,(H,24,26). The average molecular weight is 376 g/mol. The SMILES string of the molecule is COc1cc(C(=O)Nc2ccc(OCc3ccccc3)cc2)ccc1N(C)C. The number of amides is 1. The number of nitrogens with one attached hydrogen (secondary N) is 1. The van der Waals surface area contributed by atoms with E-state index in [1.165, 1.54) is 0 Å². The van der Waals surface area contributed by atoms with Crippen LogP contribution >= 0.6 is 0 Å². The molecular weight excluding hydrogens is 352 g/mol. The van der Waals surface area contributed by atoms with Gasteiger partial charge < -0.3 is 19.7 Å². The van der Waals surface area contributed by atoms with Crippen molar-refractivity contribution < 1.29 is 14.3 Å². The minimum atomic E-state index is -0.193. The fraction of sp³-hybridized carbons (Fsp3) is 0.174. The Labute approximate surface area is 165 Å². The molecule has 0 radical (unpaired) electrons. The molecule has 0 spiro atoms. The van der Waals surface area contributed by atoms with Crippen LogP contribution in [0, 0.1) is 0 Å². The number of carbonyl (C=O) groups excluding carboxylic acids is 1. The topological polar surface area (TPSA) is 50.8 Å². The first kappa shape index (κ1) is 19.3. The minimum absolute atomic E-state index is 0.193. The highest BCUT2D eigenvalue weighted by atomic mass is 16.5. The van der Waals surface area contributed by atoms with E-state index >= 15 is 0 Å². The van der Waals surface area contributed by atoms with Crippen LogP contribution in [0.5, 0.6) is 11.5 Å². The Balaban J connectivity index is 1.63. The van der Waals surface area contributed by atoms with Gasteiger partial charge in [-0.15, -0.1) is 0 Å². The van der Waals surface area contributed by atoms with Crippen LogP contribution in [-0.4, -0.2) is 27.1 Å². The lowest BCUT2D eigenvalue weighted by atomic mass is 10.1. The van der Waals surface area contributed by atoms with E-state index in [0.717, 1.165) is 17.0 Å². The monoisotopic (exact) mass is 376 g/mol. The Morgan fingerprint density at radius 3 is 2.32 bits per heavy atom. The lowest BCUT2D eigenvalue weighted by Crippen LogP contribution is -2.14. The van der Waals surface area contributed by atoms with Crippen molar-refractivity contribution in [3.8, 4) is 11.5 Å². The Hall–Kier alpha value is -3.47. The van der Waals surface area contributed by atoms with E-state index < -0.39 is 0 Å². The summed E-state index contributed by atoms with van der Waals surface area (Å²) in [7, 11) is 5.45. The number of carbonyl (C=O) groups is 1. The first-order chi connectivity index (χ1) is 13.6. The van der Waals surface area contributed by atoms with Gasteiger partial charge in [0.05, 0.1) is 12.8 Å². The summed E-state index contributed by atoms with van der Waals surface area (Å²) in [5.41, 5.74) is 3.26. The van der Waals surface area contributed by atoms with Crippen LogP contribution in [0.25, 0.3) is 0 Å². The van der Waals surface area contributed by atoms with Crippen molar-refractivity contribution in [3.05, 3.63) is 83.9 Å². The van der Waals surface area contributed by atoms with Crippen molar-refractivity contribution in [2.75, 3.05) is 31.4 Å². The van der Waals surface area contributed by atoms with Gasteiger partial charge in [0.2, 0.25) is 0 Å². The molecule has 1 amide bonds. The molecule has 3 rings (SSSR count). The van der Waals surface area contributed by atoms with E-state index in [4.69, 9.17) is 9.47 Å². The summed E-state index contributed by atoms with van der Waals surface area (Å²) in [6.45, 7) is 0.505. The summed E-state index contributed by atoms with van der Waals surface area (Å²) in [4.78, 5) is 14.5. The van der Waals surface area contributed by atoms with Crippen molar-refractivity contribution in [1.82, 2.24) is 0 Å². The number of methoxy groups -OCH3 is 1. The van der Waals surface area contributed by atoms with Crippen LogP contribution in [0.3, 0.4) is 0 Å². The molecule has 0 fully saturated rings. The van der Waals surface area contributed by atoms with Crippen LogP contribution < -0.4 is 19.7 Å². The zero-order valence-electron chi connectivity index (χ0n) is 16.3. The Morgan fingerprint density at radius 2 is 1.68 bits per heavy atom.